The van der Waals surface area contributed by atoms with Gasteiger partial charge in [0.05, 0.1) is 31.8 Å². The van der Waals surface area contributed by atoms with Crippen molar-refractivity contribution in [2.45, 2.75) is 0 Å². The van der Waals surface area contributed by atoms with Gasteiger partial charge in [0.25, 0.3) is 0 Å². The zero-order valence-corrected chi connectivity index (χ0v) is 17.6. The highest BCUT2D eigenvalue weighted by atomic mass is 31.2. The van der Waals surface area contributed by atoms with Crippen molar-refractivity contribution >= 4 is 17.2 Å². The minimum Gasteiger partial charge on any atom is -0.372 e. The van der Waals surface area contributed by atoms with Crippen LogP contribution < -0.4 is 0 Å². The summed E-state index contributed by atoms with van der Waals surface area (Å²) in [6.07, 6.45) is 7.31. The van der Waals surface area contributed by atoms with Crippen molar-refractivity contribution in [3.63, 3.8) is 0 Å². The summed E-state index contributed by atoms with van der Waals surface area (Å²) in [5.41, 5.74) is -0.434. The van der Waals surface area contributed by atoms with Gasteiger partial charge in [-0.05, 0) is 47.4 Å². The maximum atomic E-state index is 9.24. The minimum atomic E-state index is -1.80. The predicted molar refractivity (Wildman–Crippen MR) is 114 cm³/mol. The second kappa shape index (κ2) is 14.5. The van der Waals surface area contributed by atoms with Crippen LogP contribution in [0.15, 0.2) is 0 Å². The Morgan fingerprint density at radius 3 is 1.45 bits per heavy atom. The van der Waals surface area contributed by atoms with E-state index in [1.54, 1.807) is 0 Å². The highest BCUT2D eigenvalue weighted by molar-refractivity contribution is 7.42. The molecule has 6 nitrogen and oxygen atoms in total. The zero-order chi connectivity index (χ0) is 22.0. The van der Waals surface area contributed by atoms with Crippen molar-refractivity contribution in [3.05, 3.63) is 0 Å². The second-order valence-electron chi connectivity index (χ2n) is 5.27. The molecule has 31 heavy (non-hydrogen) atoms. The molecule has 148 valence electrons. The summed E-state index contributed by atoms with van der Waals surface area (Å²) in [7, 11) is -3.39. The first-order chi connectivity index (χ1) is 15.2. The summed E-state index contributed by atoms with van der Waals surface area (Å²) >= 11 is 0. The molecule has 0 amide bonds. The monoisotopic (exact) mass is 444 g/mol. The molecule has 1 spiro atoms. The van der Waals surface area contributed by atoms with Crippen LogP contribution in [0.25, 0.3) is 0 Å². The van der Waals surface area contributed by atoms with Gasteiger partial charge < -0.3 is 27.5 Å². The summed E-state index contributed by atoms with van der Waals surface area (Å²) in [6, 6.07) is 0. The normalized spacial score (nSPS) is 21.9. The Kier molecular flexibility index (Phi) is 11.1. The molecule has 0 aromatic carbocycles. The van der Waals surface area contributed by atoms with E-state index in [-0.39, 0.29) is 0 Å². The average molecular weight is 444 g/mol. The van der Waals surface area contributed by atoms with Crippen molar-refractivity contribution in [3.8, 4) is 107 Å². The van der Waals surface area contributed by atoms with E-state index < -0.39 is 22.6 Å². The molecular weight excluding hydrogens is 434 g/mol. The van der Waals surface area contributed by atoms with Gasteiger partial charge in [-0.25, -0.2) is 0 Å². The third kappa shape index (κ3) is 10.2. The van der Waals surface area contributed by atoms with Crippen molar-refractivity contribution in [2.24, 2.45) is 5.41 Å². The Morgan fingerprint density at radius 2 is 1.00 bits per heavy atom. The Bertz CT molecular complexity index is 1200. The Morgan fingerprint density at radius 1 is 0.613 bits per heavy atom. The van der Waals surface area contributed by atoms with Crippen molar-refractivity contribution in [1.29, 1.82) is 0 Å². The summed E-state index contributed by atoms with van der Waals surface area (Å²) in [6.45, 7) is 1.24. The van der Waals surface area contributed by atoms with E-state index in [0.29, 0.717) is 26.4 Å². The molecule has 0 aromatic rings. The first-order valence-corrected chi connectivity index (χ1v) is 10.4. The molecule has 0 aromatic heterocycles. The van der Waals surface area contributed by atoms with E-state index in [1.807, 2.05) is 0 Å². The maximum absolute atomic E-state index is 9.24. The highest BCUT2D eigenvalue weighted by Crippen LogP contribution is 2.51. The number of terminal acetylenes is 1. The maximum Gasteiger partial charge on any atom is 0.406 e. The third-order valence-corrected chi connectivity index (χ3v) is 4.65. The van der Waals surface area contributed by atoms with Gasteiger partial charge in [0.1, 0.15) is 6.11 Å². The smallest absolute Gasteiger partial charge is 0.372 e. The molecule has 0 unspecified atom stereocenters. The summed E-state index contributed by atoms with van der Waals surface area (Å²) in [4.78, 5) is 9.24. The van der Waals surface area contributed by atoms with Crippen LogP contribution >= 0.6 is 17.2 Å². The lowest BCUT2D eigenvalue weighted by molar-refractivity contribution is -0.0693. The molecule has 2 aliphatic heterocycles. The van der Waals surface area contributed by atoms with E-state index in [0.717, 1.165) is 0 Å². The van der Waals surface area contributed by atoms with Crippen LogP contribution in [0.2, 0.25) is 0 Å². The molecule has 8 heteroatoms. The lowest BCUT2D eigenvalue weighted by Crippen LogP contribution is -2.44. The molecule has 0 radical (unpaired) electrons. The summed E-state index contributed by atoms with van der Waals surface area (Å²) < 4.78 is 26.3. The highest BCUT2D eigenvalue weighted by Gasteiger charge is 2.43. The summed E-state index contributed by atoms with van der Waals surface area (Å²) in [5, 5.41) is 0. The molecule has 0 aliphatic carbocycles. The molecule has 2 saturated heterocycles. The fourth-order valence-electron chi connectivity index (χ4n) is 1.67. The standard InChI is InChI=1S/C23H10O6P2/c1-2-3-4-5-6-7-8-9-10-11-12-13-14-15-16-17-18-25-31-28-21-23(22-29-31)19-26-30(24)27-20-23/h1,24H,19-22H2. The van der Waals surface area contributed by atoms with E-state index in [1.165, 1.54) is 0 Å². The van der Waals surface area contributed by atoms with Crippen LogP contribution in [-0.4, -0.2) is 31.3 Å². The van der Waals surface area contributed by atoms with E-state index in [2.05, 4.69) is 101 Å². The fourth-order valence-corrected chi connectivity index (χ4v) is 3.57. The average Bonchev–Trinajstić information content (AvgIpc) is 2.79. The lowest BCUT2D eigenvalue weighted by Gasteiger charge is -2.40. The lowest BCUT2D eigenvalue weighted by atomic mass is 9.93. The molecular formula is C23H10O6P2. The molecule has 0 atom stereocenters. The molecule has 2 heterocycles. The predicted octanol–water partition coefficient (Wildman–Crippen LogP) is 1.15. The Labute approximate surface area is 184 Å². The molecule has 2 fully saturated rings. The van der Waals surface area contributed by atoms with Crippen LogP contribution in [0.5, 0.6) is 0 Å². The van der Waals surface area contributed by atoms with Gasteiger partial charge in [-0.1, -0.05) is 0 Å². The third-order valence-electron chi connectivity index (χ3n) is 3.03. The van der Waals surface area contributed by atoms with Gasteiger partial charge in [0.15, 0.2) is 0 Å². The minimum absolute atomic E-state index is 0.300. The van der Waals surface area contributed by atoms with E-state index in [4.69, 9.17) is 29.0 Å². The van der Waals surface area contributed by atoms with Gasteiger partial charge in [-0.3, -0.25) is 0 Å². The van der Waals surface area contributed by atoms with Crippen molar-refractivity contribution in [2.75, 3.05) is 26.4 Å². The number of hydrogen-bond acceptors (Lipinski definition) is 6. The number of rotatable bonds is 1. The largest absolute Gasteiger partial charge is 0.406 e. The van der Waals surface area contributed by atoms with Gasteiger partial charge in [0, 0.05) is 47.4 Å². The van der Waals surface area contributed by atoms with Crippen LogP contribution in [0.1, 0.15) is 0 Å². The van der Waals surface area contributed by atoms with Gasteiger partial charge in [0.2, 0.25) is 0 Å². The van der Waals surface area contributed by atoms with Crippen LogP contribution in [0.3, 0.4) is 0 Å². The first-order valence-electron chi connectivity index (χ1n) is 8.17. The van der Waals surface area contributed by atoms with Gasteiger partial charge in [-0.2, -0.15) is 0 Å². The molecule has 0 bridgehead atoms. The van der Waals surface area contributed by atoms with Gasteiger partial charge >= 0.3 is 17.2 Å². The van der Waals surface area contributed by atoms with E-state index in [9.17, 15) is 4.89 Å². The summed E-state index contributed by atoms with van der Waals surface area (Å²) in [5.74, 6) is 39.1. The second-order valence-corrected chi connectivity index (χ2v) is 7.41. The first kappa shape index (κ1) is 23.8. The fraction of sp³-hybridized carbons (Fsp3) is 0.217. The molecule has 2 aliphatic rings. The quantitative estimate of drug-likeness (QED) is 0.484. The van der Waals surface area contributed by atoms with Crippen LogP contribution in [-0.2, 0) is 22.6 Å². The van der Waals surface area contributed by atoms with Crippen LogP contribution in [0.4, 0.5) is 0 Å². The topological polar surface area (TPSA) is 66.4 Å². The van der Waals surface area contributed by atoms with Crippen molar-refractivity contribution in [1.82, 2.24) is 0 Å². The zero-order valence-electron chi connectivity index (χ0n) is 15.8. The SMILES string of the molecule is C#CC#CC#CC#CC#CC#CC#CC#CC#COP1OCC2(COP(O)OC2)CO1. The van der Waals surface area contributed by atoms with Crippen LogP contribution in [0, 0.1) is 113 Å². The van der Waals surface area contributed by atoms with Crippen molar-refractivity contribution < 1.29 is 27.5 Å². The molecule has 1 N–H and O–H groups in total. The Hall–Kier alpha value is -3.50. The molecule has 0 saturated carbocycles. The Balaban J connectivity index is 1.67. The molecule has 2 rings (SSSR count). The van der Waals surface area contributed by atoms with E-state index >= 15 is 0 Å². The van der Waals surface area contributed by atoms with Gasteiger partial charge in [-0.15, -0.1) is 6.42 Å². The number of hydrogen-bond donors (Lipinski definition) is 1.